The van der Waals surface area contributed by atoms with E-state index in [0.29, 0.717) is 10.6 Å². The molecule has 2 aromatic rings. The molecule has 2 aliphatic rings. The molecular weight excluding hydrogens is 403 g/mol. The van der Waals surface area contributed by atoms with Crippen LogP contribution in [0.2, 0.25) is 5.02 Å². The Hall–Kier alpha value is -2.13. The Balaban J connectivity index is 1.78. The fourth-order valence-electron chi connectivity index (χ4n) is 3.70. The number of hydrogen-bond donors (Lipinski definition) is 1. The molecule has 1 unspecified atom stereocenters. The molecule has 0 amide bonds. The average molecular weight is 423 g/mol. The lowest BCUT2D eigenvalue weighted by Gasteiger charge is -2.39. The molecule has 0 spiro atoms. The Morgan fingerprint density at radius 2 is 1.86 bits per heavy atom. The highest BCUT2D eigenvalue weighted by atomic mass is 35.5. The fourth-order valence-corrected chi connectivity index (χ4v) is 4.37. The third-order valence-corrected chi connectivity index (χ3v) is 6.24. The molecule has 6 nitrogen and oxygen atoms in total. The van der Waals surface area contributed by atoms with Gasteiger partial charge in [-0.2, -0.15) is 0 Å². The van der Waals surface area contributed by atoms with Crippen molar-refractivity contribution in [2.75, 3.05) is 31.6 Å². The van der Waals surface area contributed by atoms with Crippen LogP contribution in [0.1, 0.15) is 11.7 Å². The quantitative estimate of drug-likeness (QED) is 0.823. The molecule has 1 saturated heterocycles. The van der Waals surface area contributed by atoms with Gasteiger partial charge in [0.05, 0.1) is 4.90 Å². The fraction of sp³-hybridized carbons (Fsp3) is 0.263. The normalized spacial score (nSPS) is 20.3. The molecule has 1 atom stereocenters. The smallest absolute Gasteiger partial charge is 0.238 e. The number of benzene rings is 2. The van der Waals surface area contributed by atoms with Gasteiger partial charge in [-0.25, -0.2) is 17.9 Å². The number of halogens is 2. The number of fused-ring (bicyclic) bond motifs is 1. The maximum Gasteiger partial charge on any atom is 0.238 e. The number of sulfonamides is 1. The van der Waals surface area contributed by atoms with E-state index in [-0.39, 0.29) is 16.9 Å². The molecule has 28 heavy (non-hydrogen) atoms. The molecular formula is C19H20ClFN4O2S. The van der Waals surface area contributed by atoms with Crippen LogP contribution in [0.3, 0.4) is 0 Å². The Bertz CT molecular complexity index is 1040. The Morgan fingerprint density at radius 1 is 1.14 bits per heavy atom. The van der Waals surface area contributed by atoms with Crippen LogP contribution in [-0.2, 0) is 10.0 Å². The summed E-state index contributed by atoms with van der Waals surface area (Å²) < 4.78 is 37.9. The maximum absolute atomic E-state index is 14.8. The minimum Gasteiger partial charge on any atom is -0.347 e. The number of primary sulfonamides is 1. The van der Waals surface area contributed by atoms with E-state index in [1.165, 1.54) is 18.2 Å². The highest BCUT2D eigenvalue weighted by Gasteiger charge is 2.38. The number of anilines is 1. The first-order valence-corrected chi connectivity index (χ1v) is 10.7. The molecule has 0 aliphatic carbocycles. The molecule has 0 bridgehead atoms. The van der Waals surface area contributed by atoms with Crippen LogP contribution in [0.25, 0.3) is 0 Å². The van der Waals surface area contributed by atoms with E-state index in [1.807, 2.05) is 18.1 Å². The van der Waals surface area contributed by atoms with Gasteiger partial charge in [-0.1, -0.05) is 17.7 Å². The summed E-state index contributed by atoms with van der Waals surface area (Å²) in [7, 11) is -1.73. The van der Waals surface area contributed by atoms with Crippen LogP contribution in [0, 0.1) is 5.82 Å². The van der Waals surface area contributed by atoms with Crippen molar-refractivity contribution in [3.05, 3.63) is 70.8 Å². The van der Waals surface area contributed by atoms with Crippen LogP contribution >= 0.6 is 11.6 Å². The van der Waals surface area contributed by atoms with Gasteiger partial charge in [0.1, 0.15) is 12.0 Å². The lowest BCUT2D eigenvalue weighted by molar-refractivity contribution is 0.176. The molecule has 1 fully saturated rings. The monoisotopic (exact) mass is 422 g/mol. The van der Waals surface area contributed by atoms with Crippen molar-refractivity contribution in [3.8, 4) is 0 Å². The number of rotatable bonds is 3. The first kappa shape index (κ1) is 19.2. The number of likely N-dealkylation sites (N-methyl/N-ethyl adjacent to an activating group) is 1. The van der Waals surface area contributed by atoms with Gasteiger partial charge in [0.25, 0.3) is 0 Å². The lowest BCUT2D eigenvalue weighted by atomic mass is 10.1. The highest BCUT2D eigenvalue weighted by molar-refractivity contribution is 7.89. The van der Waals surface area contributed by atoms with Crippen LogP contribution in [0.5, 0.6) is 0 Å². The predicted octanol–water partition coefficient (Wildman–Crippen LogP) is 2.73. The Kier molecular flexibility index (Phi) is 4.83. The first-order chi connectivity index (χ1) is 13.2. The number of piperazine rings is 1. The highest BCUT2D eigenvalue weighted by Crippen LogP contribution is 2.41. The Labute approximate surface area is 168 Å². The molecule has 0 saturated carbocycles. The molecule has 2 heterocycles. The molecule has 148 valence electrons. The summed E-state index contributed by atoms with van der Waals surface area (Å²) >= 11 is 5.94. The zero-order chi connectivity index (χ0) is 20.1. The Morgan fingerprint density at radius 3 is 2.50 bits per heavy atom. The average Bonchev–Trinajstić information content (AvgIpc) is 2.99. The van der Waals surface area contributed by atoms with Crippen molar-refractivity contribution in [1.29, 1.82) is 0 Å². The topological polar surface area (TPSA) is 69.9 Å². The van der Waals surface area contributed by atoms with Gasteiger partial charge in [0.15, 0.2) is 0 Å². The minimum atomic E-state index is -3.77. The molecule has 9 heteroatoms. The van der Waals surface area contributed by atoms with Crippen molar-refractivity contribution in [1.82, 2.24) is 9.80 Å². The summed E-state index contributed by atoms with van der Waals surface area (Å²) in [5.41, 5.74) is 2.33. The van der Waals surface area contributed by atoms with Crippen LogP contribution < -0.4 is 10.0 Å². The van der Waals surface area contributed by atoms with E-state index in [0.717, 1.165) is 31.0 Å². The van der Waals surface area contributed by atoms with Crippen molar-refractivity contribution < 1.29 is 12.8 Å². The van der Waals surface area contributed by atoms with E-state index in [9.17, 15) is 12.8 Å². The van der Waals surface area contributed by atoms with Gasteiger partial charge >= 0.3 is 0 Å². The third-order valence-electron chi connectivity index (χ3n) is 5.07. The van der Waals surface area contributed by atoms with Crippen molar-refractivity contribution >= 4 is 27.3 Å². The zero-order valence-electron chi connectivity index (χ0n) is 15.2. The van der Waals surface area contributed by atoms with E-state index >= 15 is 0 Å². The van der Waals surface area contributed by atoms with Gasteiger partial charge in [0, 0.05) is 47.8 Å². The van der Waals surface area contributed by atoms with E-state index < -0.39 is 10.0 Å². The molecule has 4 rings (SSSR count). The number of nitrogens with two attached hydrogens (primary N) is 1. The number of nitrogens with zero attached hydrogens (tertiary/aromatic N) is 3. The maximum atomic E-state index is 14.8. The lowest BCUT2D eigenvalue weighted by Crippen LogP contribution is -2.44. The third kappa shape index (κ3) is 3.48. The summed E-state index contributed by atoms with van der Waals surface area (Å²) in [6, 6.07) is 11.0. The molecule has 0 radical (unpaired) electrons. The largest absolute Gasteiger partial charge is 0.347 e. The van der Waals surface area contributed by atoms with Gasteiger partial charge in [0.2, 0.25) is 10.0 Å². The SMILES string of the molecule is CN1CCN2C(=CN(c3ccc(S(N)(=O)=O)cc3)C2c2ccc(Cl)cc2F)C1. The van der Waals surface area contributed by atoms with Gasteiger partial charge in [-0.05, 0) is 43.4 Å². The molecule has 2 aliphatic heterocycles. The second kappa shape index (κ2) is 7.04. The minimum absolute atomic E-state index is 0.0368. The zero-order valence-corrected chi connectivity index (χ0v) is 16.8. The predicted molar refractivity (Wildman–Crippen MR) is 107 cm³/mol. The summed E-state index contributed by atoms with van der Waals surface area (Å²) in [5, 5.41) is 5.54. The van der Waals surface area contributed by atoms with E-state index in [4.69, 9.17) is 16.7 Å². The molecule has 2 N–H and O–H groups in total. The summed E-state index contributed by atoms with van der Waals surface area (Å²) in [6.45, 7) is 2.36. The van der Waals surface area contributed by atoms with Crippen molar-refractivity contribution in [3.63, 3.8) is 0 Å². The molecule has 0 aromatic heterocycles. The molecule has 2 aromatic carbocycles. The van der Waals surface area contributed by atoms with Gasteiger partial charge in [-0.15, -0.1) is 0 Å². The van der Waals surface area contributed by atoms with Crippen molar-refractivity contribution in [2.24, 2.45) is 5.14 Å². The van der Waals surface area contributed by atoms with Crippen LogP contribution in [0.15, 0.2) is 59.3 Å². The first-order valence-electron chi connectivity index (χ1n) is 8.76. The van der Waals surface area contributed by atoms with Crippen molar-refractivity contribution in [2.45, 2.75) is 11.1 Å². The van der Waals surface area contributed by atoms with Crippen LogP contribution in [-0.4, -0.2) is 44.9 Å². The summed E-state index contributed by atoms with van der Waals surface area (Å²) in [6.07, 6.45) is 1.61. The van der Waals surface area contributed by atoms with Gasteiger partial charge < -0.3 is 9.80 Å². The second-order valence-electron chi connectivity index (χ2n) is 7.04. The summed E-state index contributed by atoms with van der Waals surface area (Å²) in [5.74, 6) is -0.378. The van der Waals surface area contributed by atoms with E-state index in [2.05, 4.69) is 9.80 Å². The standard InChI is InChI=1S/C19H20ClFN4O2S/c1-23-8-9-24-15(11-23)12-25(14-3-5-16(6-4-14)28(22,26)27)19(24)17-7-2-13(20)10-18(17)21/h2-7,10,12,19H,8-9,11H2,1H3,(H2,22,26,27). The van der Waals surface area contributed by atoms with E-state index in [1.54, 1.807) is 24.3 Å². The van der Waals surface area contributed by atoms with Crippen LogP contribution in [0.4, 0.5) is 10.1 Å². The van der Waals surface area contributed by atoms with Gasteiger partial charge in [-0.3, -0.25) is 4.90 Å². The summed E-state index contributed by atoms with van der Waals surface area (Å²) in [4.78, 5) is 6.36. The number of hydrogen-bond acceptors (Lipinski definition) is 5. The second-order valence-corrected chi connectivity index (χ2v) is 9.04.